The van der Waals surface area contributed by atoms with Crippen molar-refractivity contribution in [1.29, 1.82) is 0 Å². The number of hydrogen-bond donors (Lipinski definition) is 0. The third kappa shape index (κ3) is 3.26. The van der Waals surface area contributed by atoms with Crippen molar-refractivity contribution < 1.29 is 4.74 Å². The van der Waals surface area contributed by atoms with Crippen LogP contribution in [-0.2, 0) is 4.74 Å². The Balaban J connectivity index is 1.28. The summed E-state index contributed by atoms with van der Waals surface area (Å²) in [6.45, 7) is 0.946. The van der Waals surface area contributed by atoms with Gasteiger partial charge in [0.05, 0.1) is 12.9 Å². The van der Waals surface area contributed by atoms with Crippen LogP contribution >= 0.6 is 11.8 Å². The average Bonchev–Trinajstić information content (AvgIpc) is 3.02. The molecule has 0 radical (unpaired) electrons. The smallest absolute Gasteiger partial charge is 0.0873 e. The van der Waals surface area contributed by atoms with Gasteiger partial charge in [-0.25, -0.2) is 0 Å². The normalized spacial score (nSPS) is 34.9. The molecule has 102 valence electrons. The second-order valence-electron chi connectivity index (χ2n) is 6.22. The van der Waals surface area contributed by atoms with Gasteiger partial charge in [0.25, 0.3) is 0 Å². The van der Waals surface area contributed by atoms with E-state index in [2.05, 4.69) is 18.0 Å². The number of fused-ring (bicyclic) bond motifs is 2. The first-order valence-corrected chi connectivity index (χ1v) is 8.81. The highest BCUT2D eigenvalue weighted by atomic mass is 32.2. The van der Waals surface area contributed by atoms with Crippen LogP contribution in [0.2, 0.25) is 0 Å². The molecule has 3 fully saturated rings. The van der Waals surface area contributed by atoms with Crippen LogP contribution < -0.4 is 0 Å². The first-order valence-electron chi connectivity index (χ1n) is 7.87. The Labute approximate surface area is 116 Å². The van der Waals surface area contributed by atoms with Crippen LogP contribution in [-0.4, -0.2) is 17.1 Å². The quantitative estimate of drug-likeness (QED) is 0.516. The lowest BCUT2D eigenvalue weighted by Gasteiger charge is -2.19. The van der Waals surface area contributed by atoms with Gasteiger partial charge in [-0.2, -0.15) is 11.8 Å². The Morgan fingerprint density at radius 2 is 2.06 bits per heavy atom. The maximum Gasteiger partial charge on any atom is 0.0873 e. The summed E-state index contributed by atoms with van der Waals surface area (Å²) in [7, 11) is 0. The maximum atomic E-state index is 5.74. The minimum atomic E-state index is 0.946. The molecule has 0 aromatic heterocycles. The highest BCUT2D eigenvalue weighted by Gasteiger charge is 2.39. The van der Waals surface area contributed by atoms with Crippen LogP contribution in [0.5, 0.6) is 0 Å². The average molecular weight is 266 g/mol. The zero-order valence-corrected chi connectivity index (χ0v) is 12.2. The summed E-state index contributed by atoms with van der Waals surface area (Å²) >= 11 is 2.27. The predicted octanol–water partition coefficient (Wildman–Crippen LogP) is 4.92. The third-order valence-electron chi connectivity index (χ3n) is 4.81. The summed E-state index contributed by atoms with van der Waals surface area (Å²) in [5, 5.41) is 2.02. The van der Waals surface area contributed by atoms with Gasteiger partial charge in [0.1, 0.15) is 0 Å². The number of ether oxygens (including phenoxy) is 1. The molecule has 0 spiro atoms. The largest absolute Gasteiger partial charge is 0.501 e. The van der Waals surface area contributed by atoms with Crippen LogP contribution in [0.25, 0.3) is 0 Å². The Hall–Kier alpha value is -0.110. The van der Waals surface area contributed by atoms with Gasteiger partial charge in [-0.05, 0) is 69.3 Å². The molecule has 3 unspecified atom stereocenters. The fourth-order valence-corrected chi connectivity index (χ4v) is 5.64. The van der Waals surface area contributed by atoms with Crippen molar-refractivity contribution in [3.63, 3.8) is 0 Å². The Morgan fingerprint density at radius 1 is 1.17 bits per heavy atom. The minimum Gasteiger partial charge on any atom is -0.501 e. The van der Waals surface area contributed by atoms with Crippen LogP contribution in [0, 0.1) is 5.92 Å². The van der Waals surface area contributed by atoms with Gasteiger partial charge in [0.2, 0.25) is 0 Å². The molecule has 3 atom stereocenters. The van der Waals surface area contributed by atoms with E-state index in [1.165, 1.54) is 64.2 Å². The van der Waals surface area contributed by atoms with Crippen molar-refractivity contribution in [2.24, 2.45) is 5.92 Å². The Morgan fingerprint density at radius 3 is 2.78 bits per heavy atom. The van der Waals surface area contributed by atoms with E-state index in [1.54, 1.807) is 5.57 Å². The molecule has 0 N–H and O–H groups in total. The van der Waals surface area contributed by atoms with Gasteiger partial charge < -0.3 is 4.74 Å². The number of rotatable bonds is 5. The van der Waals surface area contributed by atoms with Crippen LogP contribution in [0.1, 0.15) is 64.2 Å². The van der Waals surface area contributed by atoms with Gasteiger partial charge in [0, 0.05) is 10.5 Å². The summed E-state index contributed by atoms with van der Waals surface area (Å²) in [5.74, 6) is 1.01. The SMILES string of the molecule is C(OCCCC1CC2CCC1S2)=C1CCCCC1. The second kappa shape index (κ2) is 6.36. The van der Waals surface area contributed by atoms with Crippen molar-refractivity contribution in [2.75, 3.05) is 6.61 Å². The minimum absolute atomic E-state index is 0.946. The lowest BCUT2D eigenvalue weighted by atomic mass is 9.86. The predicted molar refractivity (Wildman–Crippen MR) is 78.9 cm³/mol. The van der Waals surface area contributed by atoms with E-state index in [0.717, 1.165) is 23.0 Å². The van der Waals surface area contributed by atoms with E-state index in [0.29, 0.717) is 0 Å². The molecule has 2 heteroatoms. The maximum absolute atomic E-state index is 5.74. The molecule has 1 nitrogen and oxygen atoms in total. The summed E-state index contributed by atoms with van der Waals surface area (Å²) in [4.78, 5) is 0. The molecular formula is C16H26OS. The number of allylic oxidation sites excluding steroid dienone is 1. The zero-order chi connectivity index (χ0) is 12.2. The zero-order valence-electron chi connectivity index (χ0n) is 11.4. The number of thioether (sulfide) groups is 1. The molecule has 2 aliphatic heterocycles. The summed E-state index contributed by atoms with van der Waals surface area (Å²) < 4.78 is 5.74. The molecule has 2 saturated heterocycles. The first-order chi connectivity index (χ1) is 8.92. The molecule has 3 rings (SSSR count). The van der Waals surface area contributed by atoms with Crippen LogP contribution in [0.15, 0.2) is 11.8 Å². The molecule has 3 aliphatic rings. The van der Waals surface area contributed by atoms with E-state index in [-0.39, 0.29) is 0 Å². The summed E-state index contributed by atoms with van der Waals surface area (Å²) in [6, 6.07) is 0. The Kier molecular flexibility index (Phi) is 4.56. The van der Waals surface area contributed by atoms with Gasteiger partial charge in [0.15, 0.2) is 0 Å². The highest BCUT2D eigenvalue weighted by molar-refractivity contribution is 8.01. The van der Waals surface area contributed by atoms with Crippen molar-refractivity contribution in [2.45, 2.75) is 74.7 Å². The summed E-state index contributed by atoms with van der Waals surface area (Å²) in [6.07, 6.45) is 15.9. The van der Waals surface area contributed by atoms with Crippen molar-refractivity contribution in [3.8, 4) is 0 Å². The fraction of sp³-hybridized carbons (Fsp3) is 0.875. The lowest BCUT2D eigenvalue weighted by molar-refractivity contribution is 0.224. The molecule has 1 saturated carbocycles. The van der Waals surface area contributed by atoms with Crippen molar-refractivity contribution in [1.82, 2.24) is 0 Å². The topological polar surface area (TPSA) is 9.23 Å². The van der Waals surface area contributed by atoms with Crippen LogP contribution in [0.4, 0.5) is 0 Å². The molecule has 1 aliphatic carbocycles. The van der Waals surface area contributed by atoms with Crippen molar-refractivity contribution >= 4 is 11.8 Å². The standard InChI is InChI=1S/C16H26OS/c1-2-5-13(6-3-1)12-17-10-4-7-14-11-15-8-9-16(14)18-15/h12,14-16H,1-11H2. The molecule has 2 bridgehead atoms. The van der Waals surface area contributed by atoms with Gasteiger partial charge >= 0.3 is 0 Å². The third-order valence-corrected chi connectivity index (χ3v) is 6.60. The molecular weight excluding hydrogens is 240 g/mol. The van der Waals surface area contributed by atoms with Gasteiger partial charge in [-0.3, -0.25) is 0 Å². The van der Waals surface area contributed by atoms with E-state index in [4.69, 9.17) is 4.74 Å². The van der Waals surface area contributed by atoms with E-state index in [9.17, 15) is 0 Å². The lowest BCUT2D eigenvalue weighted by Crippen LogP contribution is -2.15. The van der Waals surface area contributed by atoms with E-state index >= 15 is 0 Å². The monoisotopic (exact) mass is 266 g/mol. The van der Waals surface area contributed by atoms with Crippen LogP contribution in [0.3, 0.4) is 0 Å². The fourth-order valence-electron chi connectivity index (χ4n) is 3.78. The first kappa shape index (κ1) is 12.9. The molecule has 0 aromatic carbocycles. The van der Waals surface area contributed by atoms with Gasteiger partial charge in [-0.1, -0.05) is 6.42 Å². The Bertz CT molecular complexity index is 291. The summed E-state index contributed by atoms with van der Waals surface area (Å²) in [5.41, 5.74) is 1.55. The molecule has 0 aromatic rings. The number of hydrogen-bond acceptors (Lipinski definition) is 2. The highest BCUT2D eigenvalue weighted by Crippen LogP contribution is 2.50. The van der Waals surface area contributed by atoms with E-state index < -0.39 is 0 Å². The molecule has 2 heterocycles. The molecule has 18 heavy (non-hydrogen) atoms. The van der Waals surface area contributed by atoms with E-state index in [1.807, 2.05) is 0 Å². The molecule has 0 amide bonds. The van der Waals surface area contributed by atoms with Gasteiger partial charge in [-0.15, -0.1) is 0 Å². The van der Waals surface area contributed by atoms with Crippen molar-refractivity contribution in [3.05, 3.63) is 11.8 Å². The second-order valence-corrected chi connectivity index (χ2v) is 7.76.